The third kappa shape index (κ3) is 1.43. The smallest absolute Gasteiger partial charge is 0.338 e. The lowest BCUT2D eigenvalue weighted by Crippen LogP contribution is -2.03. The van der Waals surface area contributed by atoms with E-state index in [0.717, 1.165) is 12.3 Å². The van der Waals surface area contributed by atoms with Crippen molar-refractivity contribution in [3.8, 4) is 0 Å². The van der Waals surface area contributed by atoms with Gasteiger partial charge in [0.1, 0.15) is 11.4 Å². The quantitative estimate of drug-likeness (QED) is 0.620. The van der Waals surface area contributed by atoms with Crippen LogP contribution in [-0.2, 0) is 0 Å². The number of anilines is 1. The minimum Gasteiger partial charge on any atom is -0.478 e. The lowest BCUT2D eigenvalue weighted by Gasteiger charge is -1.96. The molecule has 0 amide bonds. The molecule has 0 aliphatic rings. The van der Waals surface area contributed by atoms with Gasteiger partial charge in [-0.2, -0.15) is 0 Å². The van der Waals surface area contributed by atoms with Crippen molar-refractivity contribution >= 4 is 11.8 Å². The molecule has 0 saturated carbocycles. The van der Waals surface area contributed by atoms with E-state index in [1.807, 2.05) is 0 Å². The zero-order valence-corrected chi connectivity index (χ0v) is 5.41. The van der Waals surface area contributed by atoms with Crippen molar-refractivity contribution in [2.24, 2.45) is 0 Å². The van der Waals surface area contributed by atoms with Crippen molar-refractivity contribution in [2.45, 2.75) is 0 Å². The predicted octanol–water partition coefficient (Wildman–Crippen LogP) is 0.501. The Morgan fingerprint density at radius 1 is 1.73 bits per heavy atom. The van der Waals surface area contributed by atoms with Gasteiger partial charge < -0.3 is 10.8 Å². The third-order valence-corrected chi connectivity index (χ3v) is 1.11. The summed E-state index contributed by atoms with van der Waals surface area (Å²) in [6, 6.07) is 0.970. The number of hydrogen-bond donors (Lipinski definition) is 2. The summed E-state index contributed by atoms with van der Waals surface area (Å²) in [5.74, 6) is -2.24. The molecular weight excluding hydrogens is 151 g/mol. The van der Waals surface area contributed by atoms with Gasteiger partial charge in [-0.1, -0.05) is 0 Å². The number of aromatic nitrogens is 1. The Morgan fingerprint density at radius 2 is 2.36 bits per heavy atom. The highest BCUT2D eigenvalue weighted by atomic mass is 19.1. The molecule has 3 N–H and O–H groups in total. The maximum absolute atomic E-state index is 12.5. The molecule has 0 saturated heterocycles. The van der Waals surface area contributed by atoms with Gasteiger partial charge in [-0.25, -0.2) is 14.2 Å². The SMILES string of the molecule is Nc1cc(C(=O)O)c(F)cn1. The van der Waals surface area contributed by atoms with Gasteiger partial charge in [-0.05, 0) is 6.07 Å². The summed E-state index contributed by atoms with van der Waals surface area (Å²) in [6.07, 6.45) is 0.777. The average molecular weight is 156 g/mol. The molecule has 0 radical (unpaired) electrons. The molecule has 1 aromatic heterocycles. The van der Waals surface area contributed by atoms with Crippen LogP contribution >= 0.6 is 0 Å². The molecule has 0 aliphatic heterocycles. The van der Waals surface area contributed by atoms with E-state index in [4.69, 9.17) is 10.8 Å². The van der Waals surface area contributed by atoms with Gasteiger partial charge >= 0.3 is 5.97 Å². The number of rotatable bonds is 1. The molecule has 0 bridgehead atoms. The third-order valence-electron chi connectivity index (χ3n) is 1.11. The maximum Gasteiger partial charge on any atom is 0.338 e. The van der Waals surface area contributed by atoms with Crippen LogP contribution in [0.4, 0.5) is 10.2 Å². The highest BCUT2D eigenvalue weighted by Gasteiger charge is 2.09. The number of aromatic carboxylic acids is 1. The number of pyridine rings is 1. The van der Waals surface area contributed by atoms with E-state index in [1.54, 1.807) is 0 Å². The first-order valence-electron chi connectivity index (χ1n) is 2.75. The molecule has 0 spiro atoms. The standard InChI is InChI=1S/C6H5FN2O2/c7-4-2-9-5(8)1-3(4)6(10)11/h1-2H,(H2,8,9)(H,10,11). The van der Waals surface area contributed by atoms with E-state index in [2.05, 4.69) is 4.98 Å². The topological polar surface area (TPSA) is 76.2 Å². The Labute approximate surface area is 61.5 Å². The van der Waals surface area contributed by atoms with Crippen molar-refractivity contribution < 1.29 is 14.3 Å². The number of hydrogen-bond acceptors (Lipinski definition) is 3. The summed E-state index contributed by atoms with van der Waals surface area (Å²) in [6.45, 7) is 0. The van der Waals surface area contributed by atoms with Crippen LogP contribution in [-0.4, -0.2) is 16.1 Å². The van der Waals surface area contributed by atoms with Crippen LogP contribution in [0, 0.1) is 5.82 Å². The summed E-state index contributed by atoms with van der Waals surface area (Å²) in [4.78, 5) is 13.6. The van der Waals surface area contributed by atoms with Crippen molar-refractivity contribution in [3.05, 3.63) is 23.6 Å². The second kappa shape index (κ2) is 2.53. The number of carboxylic acids is 1. The van der Waals surface area contributed by atoms with Gasteiger partial charge in [-0.3, -0.25) is 0 Å². The minimum atomic E-state index is -1.35. The number of nitrogens with zero attached hydrogens (tertiary/aromatic N) is 1. The molecular formula is C6H5FN2O2. The zero-order chi connectivity index (χ0) is 8.43. The number of halogens is 1. The summed E-state index contributed by atoms with van der Waals surface area (Å²) >= 11 is 0. The van der Waals surface area contributed by atoms with Crippen molar-refractivity contribution in [2.75, 3.05) is 5.73 Å². The van der Waals surface area contributed by atoms with Crippen LogP contribution in [0.3, 0.4) is 0 Å². The molecule has 5 heteroatoms. The molecule has 1 rings (SSSR count). The Balaban J connectivity index is 3.23. The molecule has 0 aliphatic carbocycles. The molecule has 58 valence electrons. The predicted molar refractivity (Wildman–Crippen MR) is 35.6 cm³/mol. The van der Waals surface area contributed by atoms with Gasteiger partial charge in [0.05, 0.1) is 6.20 Å². The largest absolute Gasteiger partial charge is 0.478 e. The molecule has 4 nitrogen and oxygen atoms in total. The van der Waals surface area contributed by atoms with E-state index in [-0.39, 0.29) is 5.82 Å². The number of nitrogens with two attached hydrogens (primary N) is 1. The second-order valence-electron chi connectivity index (χ2n) is 1.89. The van der Waals surface area contributed by atoms with Crippen molar-refractivity contribution in [1.29, 1.82) is 0 Å². The highest BCUT2D eigenvalue weighted by molar-refractivity contribution is 5.88. The van der Waals surface area contributed by atoms with E-state index >= 15 is 0 Å². The fraction of sp³-hybridized carbons (Fsp3) is 0. The zero-order valence-electron chi connectivity index (χ0n) is 5.41. The van der Waals surface area contributed by atoms with Crippen LogP contribution < -0.4 is 5.73 Å². The number of nitrogen functional groups attached to an aromatic ring is 1. The molecule has 0 fully saturated rings. The summed E-state index contributed by atoms with van der Waals surface area (Å²) < 4.78 is 12.5. The summed E-state index contributed by atoms with van der Waals surface area (Å²) in [5, 5.41) is 8.37. The lowest BCUT2D eigenvalue weighted by atomic mass is 10.2. The molecule has 0 aromatic carbocycles. The molecule has 0 unspecified atom stereocenters. The molecule has 1 aromatic rings. The van der Waals surface area contributed by atoms with E-state index in [1.165, 1.54) is 0 Å². The first kappa shape index (κ1) is 7.46. The van der Waals surface area contributed by atoms with Gasteiger partial charge in [0.25, 0.3) is 0 Å². The van der Waals surface area contributed by atoms with E-state index < -0.39 is 17.3 Å². The second-order valence-corrected chi connectivity index (χ2v) is 1.89. The summed E-state index contributed by atoms with van der Waals surface area (Å²) in [7, 11) is 0. The monoisotopic (exact) mass is 156 g/mol. The Bertz CT molecular complexity index is 301. The first-order valence-corrected chi connectivity index (χ1v) is 2.75. The Kier molecular flexibility index (Phi) is 1.72. The first-order chi connectivity index (χ1) is 5.11. The van der Waals surface area contributed by atoms with E-state index in [0.29, 0.717) is 0 Å². The van der Waals surface area contributed by atoms with Crippen molar-refractivity contribution in [3.63, 3.8) is 0 Å². The Hall–Kier alpha value is -1.65. The number of carboxylic acid groups (broad SMARTS) is 1. The van der Waals surface area contributed by atoms with Gasteiger partial charge in [0.2, 0.25) is 0 Å². The van der Waals surface area contributed by atoms with Crippen LogP contribution in [0.2, 0.25) is 0 Å². The van der Waals surface area contributed by atoms with Crippen LogP contribution in [0.1, 0.15) is 10.4 Å². The van der Waals surface area contributed by atoms with Crippen molar-refractivity contribution in [1.82, 2.24) is 4.98 Å². The Morgan fingerprint density at radius 3 is 2.82 bits per heavy atom. The van der Waals surface area contributed by atoms with Gasteiger partial charge in [0, 0.05) is 0 Å². The molecule has 1 heterocycles. The summed E-state index contributed by atoms with van der Waals surface area (Å²) in [5.41, 5.74) is 4.66. The fourth-order valence-corrected chi connectivity index (χ4v) is 0.619. The van der Waals surface area contributed by atoms with Gasteiger partial charge in [-0.15, -0.1) is 0 Å². The van der Waals surface area contributed by atoms with Crippen LogP contribution in [0.15, 0.2) is 12.3 Å². The van der Waals surface area contributed by atoms with Gasteiger partial charge in [0.15, 0.2) is 5.82 Å². The maximum atomic E-state index is 12.5. The average Bonchev–Trinajstić information content (AvgIpc) is 1.94. The minimum absolute atomic E-state index is 0.0104. The molecule has 0 atom stereocenters. The molecule has 11 heavy (non-hydrogen) atoms. The highest BCUT2D eigenvalue weighted by Crippen LogP contribution is 2.08. The van der Waals surface area contributed by atoms with Crippen LogP contribution in [0.25, 0.3) is 0 Å². The lowest BCUT2D eigenvalue weighted by molar-refractivity contribution is 0.0691. The van der Waals surface area contributed by atoms with Crippen LogP contribution in [0.5, 0.6) is 0 Å². The van der Waals surface area contributed by atoms with E-state index in [9.17, 15) is 9.18 Å². The number of carbonyl (C=O) groups is 1. The normalized spacial score (nSPS) is 9.55. The fourth-order valence-electron chi connectivity index (χ4n) is 0.619.